The molecule has 2 aliphatic heterocycles. The molecular formula is C16H14O2. The fourth-order valence-corrected chi connectivity index (χ4v) is 2.92. The van der Waals surface area contributed by atoms with Crippen LogP contribution in [0.1, 0.15) is 17.2 Å². The smallest absolute Gasteiger partial charge is 0.134 e. The maximum Gasteiger partial charge on any atom is 0.134 e. The Balaban J connectivity index is 1.79. The lowest BCUT2D eigenvalue weighted by Crippen LogP contribution is -2.34. The van der Waals surface area contributed by atoms with Crippen LogP contribution in [0.5, 0.6) is 11.5 Å². The van der Waals surface area contributed by atoms with Crippen LogP contribution in [-0.2, 0) is 6.42 Å². The van der Waals surface area contributed by atoms with Crippen LogP contribution in [-0.4, -0.2) is 6.61 Å². The van der Waals surface area contributed by atoms with E-state index in [1.54, 1.807) is 0 Å². The van der Waals surface area contributed by atoms with Crippen LogP contribution in [0.15, 0.2) is 48.5 Å². The van der Waals surface area contributed by atoms with Crippen LogP contribution in [0, 0.1) is 5.92 Å². The first-order valence-corrected chi connectivity index (χ1v) is 6.38. The standard InChI is InChI=1S/C16H14O2/c1-3-7-14-11(5-1)9-12-10-17-15-8-4-2-6-13(15)16(12)18-14/h1-8,12,16H,9-10H2/t12-,16+/m1/s1. The second-order valence-corrected chi connectivity index (χ2v) is 4.96. The maximum absolute atomic E-state index is 6.18. The zero-order chi connectivity index (χ0) is 11.9. The minimum Gasteiger partial charge on any atom is -0.493 e. The fraction of sp³-hybridized carbons (Fsp3) is 0.250. The molecule has 90 valence electrons. The van der Waals surface area contributed by atoms with Crippen LogP contribution in [0.25, 0.3) is 0 Å². The van der Waals surface area contributed by atoms with Gasteiger partial charge in [-0.3, -0.25) is 0 Å². The topological polar surface area (TPSA) is 18.5 Å². The minimum absolute atomic E-state index is 0.143. The third kappa shape index (κ3) is 1.42. The van der Waals surface area contributed by atoms with Crippen molar-refractivity contribution >= 4 is 0 Å². The molecule has 0 N–H and O–H groups in total. The molecule has 0 unspecified atom stereocenters. The summed E-state index contributed by atoms with van der Waals surface area (Å²) in [6, 6.07) is 16.5. The molecule has 0 bridgehead atoms. The van der Waals surface area contributed by atoms with E-state index in [0.29, 0.717) is 5.92 Å². The largest absolute Gasteiger partial charge is 0.493 e. The zero-order valence-corrected chi connectivity index (χ0v) is 10.0. The molecule has 0 amide bonds. The van der Waals surface area contributed by atoms with E-state index in [4.69, 9.17) is 9.47 Å². The number of fused-ring (bicyclic) bond motifs is 4. The Morgan fingerprint density at radius 3 is 2.61 bits per heavy atom. The first-order valence-electron chi connectivity index (χ1n) is 6.38. The van der Waals surface area contributed by atoms with Crippen molar-refractivity contribution in [1.29, 1.82) is 0 Å². The second-order valence-electron chi connectivity index (χ2n) is 4.96. The van der Waals surface area contributed by atoms with Crippen molar-refractivity contribution in [2.24, 2.45) is 5.92 Å². The zero-order valence-electron chi connectivity index (χ0n) is 10.0. The molecule has 2 aromatic rings. The van der Waals surface area contributed by atoms with Crippen molar-refractivity contribution in [1.82, 2.24) is 0 Å². The van der Waals surface area contributed by atoms with E-state index in [0.717, 1.165) is 24.5 Å². The molecule has 0 aliphatic carbocycles. The number of para-hydroxylation sites is 2. The molecule has 2 nitrogen and oxygen atoms in total. The Morgan fingerprint density at radius 1 is 0.889 bits per heavy atom. The summed E-state index contributed by atoms with van der Waals surface area (Å²) in [7, 11) is 0. The second kappa shape index (κ2) is 3.77. The molecule has 0 fully saturated rings. The number of rotatable bonds is 0. The molecule has 0 aromatic heterocycles. The van der Waals surface area contributed by atoms with E-state index in [1.807, 2.05) is 18.2 Å². The summed E-state index contributed by atoms with van der Waals surface area (Å²) in [5.41, 5.74) is 2.48. The molecular weight excluding hydrogens is 224 g/mol. The van der Waals surface area contributed by atoms with Gasteiger partial charge in [0, 0.05) is 11.5 Å². The summed E-state index contributed by atoms with van der Waals surface area (Å²) in [6.07, 6.45) is 1.18. The summed E-state index contributed by atoms with van der Waals surface area (Å²) in [4.78, 5) is 0. The molecule has 0 saturated carbocycles. The minimum atomic E-state index is 0.143. The van der Waals surface area contributed by atoms with Gasteiger partial charge < -0.3 is 9.47 Å². The van der Waals surface area contributed by atoms with Gasteiger partial charge in [0.05, 0.1) is 6.61 Å². The van der Waals surface area contributed by atoms with Crippen molar-refractivity contribution in [3.05, 3.63) is 59.7 Å². The highest BCUT2D eigenvalue weighted by molar-refractivity contribution is 5.42. The van der Waals surface area contributed by atoms with Gasteiger partial charge in [0.1, 0.15) is 17.6 Å². The highest BCUT2D eigenvalue weighted by atomic mass is 16.5. The third-order valence-electron chi connectivity index (χ3n) is 3.82. The summed E-state index contributed by atoms with van der Waals surface area (Å²) < 4.78 is 12.0. The van der Waals surface area contributed by atoms with Gasteiger partial charge in [-0.15, -0.1) is 0 Å². The third-order valence-corrected chi connectivity index (χ3v) is 3.82. The average molecular weight is 238 g/mol. The van der Waals surface area contributed by atoms with Gasteiger partial charge in [-0.2, -0.15) is 0 Å². The molecule has 4 rings (SSSR count). The predicted molar refractivity (Wildman–Crippen MR) is 68.9 cm³/mol. The number of ether oxygens (including phenoxy) is 2. The van der Waals surface area contributed by atoms with Crippen molar-refractivity contribution < 1.29 is 9.47 Å². The summed E-state index contributed by atoms with van der Waals surface area (Å²) in [5.74, 6) is 2.42. The molecule has 2 aromatic carbocycles. The van der Waals surface area contributed by atoms with Gasteiger partial charge in [0.25, 0.3) is 0 Å². The molecule has 2 aliphatic rings. The molecule has 0 spiro atoms. The van der Waals surface area contributed by atoms with E-state index in [-0.39, 0.29) is 6.10 Å². The lowest BCUT2D eigenvalue weighted by atomic mass is 9.85. The van der Waals surface area contributed by atoms with Crippen molar-refractivity contribution in [2.75, 3.05) is 6.61 Å². The Labute approximate surface area is 106 Å². The summed E-state index contributed by atoms with van der Waals surface area (Å²) >= 11 is 0. The van der Waals surface area contributed by atoms with Gasteiger partial charge in [-0.1, -0.05) is 36.4 Å². The highest BCUT2D eigenvalue weighted by Gasteiger charge is 2.36. The Morgan fingerprint density at radius 2 is 1.67 bits per heavy atom. The summed E-state index contributed by atoms with van der Waals surface area (Å²) in [6.45, 7) is 0.746. The average Bonchev–Trinajstić information content (AvgIpc) is 2.45. The van der Waals surface area contributed by atoms with E-state index in [9.17, 15) is 0 Å². The maximum atomic E-state index is 6.18. The number of benzene rings is 2. The Bertz CT molecular complexity index is 591. The molecule has 2 atom stereocenters. The summed E-state index contributed by atoms with van der Waals surface area (Å²) in [5, 5.41) is 0. The SMILES string of the molecule is c1ccc2c(c1)C[C@@H]1COc3ccccc3[C@H]1O2. The van der Waals surface area contributed by atoms with Gasteiger partial charge in [-0.05, 0) is 24.1 Å². The number of hydrogen-bond acceptors (Lipinski definition) is 2. The van der Waals surface area contributed by atoms with Crippen LogP contribution in [0.3, 0.4) is 0 Å². The Kier molecular flexibility index (Phi) is 2.10. The lowest BCUT2D eigenvalue weighted by molar-refractivity contribution is 0.0544. The van der Waals surface area contributed by atoms with E-state index in [1.165, 1.54) is 11.1 Å². The van der Waals surface area contributed by atoms with Crippen molar-refractivity contribution in [2.45, 2.75) is 12.5 Å². The fourth-order valence-electron chi connectivity index (χ4n) is 2.92. The first-order chi connectivity index (χ1) is 8.92. The van der Waals surface area contributed by atoms with Gasteiger partial charge in [-0.25, -0.2) is 0 Å². The van der Waals surface area contributed by atoms with Crippen LogP contribution >= 0.6 is 0 Å². The monoisotopic (exact) mass is 238 g/mol. The molecule has 18 heavy (non-hydrogen) atoms. The first kappa shape index (κ1) is 10.0. The molecule has 2 heterocycles. The van der Waals surface area contributed by atoms with Gasteiger partial charge in [0.2, 0.25) is 0 Å². The van der Waals surface area contributed by atoms with Crippen LogP contribution < -0.4 is 9.47 Å². The molecule has 0 saturated heterocycles. The van der Waals surface area contributed by atoms with Crippen LogP contribution in [0.2, 0.25) is 0 Å². The van der Waals surface area contributed by atoms with Crippen molar-refractivity contribution in [3.8, 4) is 11.5 Å². The van der Waals surface area contributed by atoms with Gasteiger partial charge in [0.15, 0.2) is 0 Å². The van der Waals surface area contributed by atoms with E-state index in [2.05, 4.69) is 30.3 Å². The quantitative estimate of drug-likeness (QED) is 0.700. The molecule has 0 radical (unpaired) electrons. The normalized spacial score (nSPS) is 24.0. The number of hydrogen-bond donors (Lipinski definition) is 0. The molecule has 2 heteroatoms. The highest BCUT2D eigenvalue weighted by Crippen LogP contribution is 2.44. The Hall–Kier alpha value is -1.96. The van der Waals surface area contributed by atoms with E-state index < -0.39 is 0 Å². The van der Waals surface area contributed by atoms with E-state index >= 15 is 0 Å². The lowest BCUT2D eigenvalue weighted by Gasteiger charge is -2.37. The van der Waals surface area contributed by atoms with Crippen molar-refractivity contribution in [3.63, 3.8) is 0 Å². The van der Waals surface area contributed by atoms with Crippen LogP contribution in [0.4, 0.5) is 0 Å². The van der Waals surface area contributed by atoms with Gasteiger partial charge >= 0.3 is 0 Å². The predicted octanol–water partition coefficient (Wildman–Crippen LogP) is 3.37.